The van der Waals surface area contributed by atoms with Gasteiger partial charge in [-0.05, 0) is 52.1 Å². The molecule has 4 heteroatoms. The van der Waals surface area contributed by atoms with Gasteiger partial charge < -0.3 is 5.11 Å². The van der Waals surface area contributed by atoms with Crippen LogP contribution in [0.2, 0.25) is 0 Å². The Morgan fingerprint density at radius 3 is 2.95 bits per heavy atom. The number of fused-ring (bicyclic) bond motifs is 1. The van der Waals surface area contributed by atoms with E-state index in [9.17, 15) is 4.79 Å². The molecule has 0 fully saturated rings. The van der Waals surface area contributed by atoms with E-state index < -0.39 is 5.97 Å². The van der Waals surface area contributed by atoms with Crippen molar-refractivity contribution in [1.29, 1.82) is 0 Å². The maximum absolute atomic E-state index is 11.0. The minimum atomic E-state index is -0.849. The van der Waals surface area contributed by atoms with Gasteiger partial charge in [0.1, 0.15) is 0 Å². The first-order valence-electron chi connectivity index (χ1n) is 6.31. The normalized spacial score (nSPS) is 15.2. The zero-order valence-corrected chi connectivity index (χ0v) is 11.3. The summed E-state index contributed by atoms with van der Waals surface area (Å²) in [5.74, 6) is -0.849. The maximum atomic E-state index is 11.0. The van der Waals surface area contributed by atoms with Gasteiger partial charge in [-0.1, -0.05) is 6.07 Å². The number of thiophene rings is 1. The fourth-order valence-corrected chi connectivity index (χ4v) is 3.18. The average molecular weight is 273 g/mol. The van der Waals surface area contributed by atoms with Crippen molar-refractivity contribution in [2.24, 2.45) is 0 Å². The molecular weight excluding hydrogens is 258 g/mol. The standard InChI is InChI=1S/C15H15NO2S/c17-15(18)13-2-1-12-3-5-16(9-14(12)7-13)8-11-4-6-19-10-11/h1-2,4,6-7,10H,3,5,8-9H2,(H,17,18). The van der Waals surface area contributed by atoms with E-state index in [2.05, 4.69) is 21.7 Å². The lowest BCUT2D eigenvalue weighted by Crippen LogP contribution is -2.30. The van der Waals surface area contributed by atoms with E-state index in [1.807, 2.05) is 12.1 Å². The van der Waals surface area contributed by atoms with Crippen molar-refractivity contribution in [3.05, 3.63) is 57.3 Å². The van der Waals surface area contributed by atoms with Gasteiger partial charge in [0, 0.05) is 19.6 Å². The zero-order chi connectivity index (χ0) is 13.2. The highest BCUT2D eigenvalue weighted by atomic mass is 32.1. The molecule has 1 aromatic carbocycles. The molecule has 19 heavy (non-hydrogen) atoms. The molecule has 1 N–H and O–H groups in total. The van der Waals surface area contributed by atoms with Crippen molar-refractivity contribution in [3.8, 4) is 0 Å². The van der Waals surface area contributed by atoms with Gasteiger partial charge in [0.2, 0.25) is 0 Å². The van der Waals surface area contributed by atoms with E-state index in [-0.39, 0.29) is 0 Å². The second-order valence-corrected chi connectivity index (χ2v) is 5.66. The largest absolute Gasteiger partial charge is 0.478 e. The number of carbonyl (C=O) groups is 1. The molecule has 3 nitrogen and oxygen atoms in total. The molecule has 0 radical (unpaired) electrons. The van der Waals surface area contributed by atoms with Gasteiger partial charge >= 0.3 is 5.97 Å². The minimum Gasteiger partial charge on any atom is -0.478 e. The van der Waals surface area contributed by atoms with Crippen LogP contribution in [0.15, 0.2) is 35.0 Å². The number of carboxylic acid groups (broad SMARTS) is 1. The minimum absolute atomic E-state index is 0.385. The summed E-state index contributed by atoms with van der Waals surface area (Å²) in [5, 5.41) is 13.3. The van der Waals surface area contributed by atoms with Crippen LogP contribution < -0.4 is 0 Å². The molecule has 0 spiro atoms. The smallest absolute Gasteiger partial charge is 0.335 e. The molecule has 0 unspecified atom stereocenters. The summed E-state index contributed by atoms with van der Waals surface area (Å²) >= 11 is 1.72. The van der Waals surface area contributed by atoms with Gasteiger partial charge in [-0.2, -0.15) is 11.3 Å². The number of aromatic carboxylic acids is 1. The second kappa shape index (κ2) is 5.15. The lowest BCUT2D eigenvalue weighted by Gasteiger charge is -2.28. The van der Waals surface area contributed by atoms with Crippen LogP contribution in [0.4, 0.5) is 0 Å². The Hall–Kier alpha value is -1.65. The topological polar surface area (TPSA) is 40.5 Å². The van der Waals surface area contributed by atoms with Crippen molar-refractivity contribution in [1.82, 2.24) is 4.90 Å². The summed E-state index contributed by atoms with van der Waals surface area (Å²) < 4.78 is 0. The van der Waals surface area contributed by atoms with Crippen LogP contribution in [-0.2, 0) is 19.5 Å². The zero-order valence-electron chi connectivity index (χ0n) is 10.5. The average Bonchev–Trinajstić information content (AvgIpc) is 2.90. The van der Waals surface area contributed by atoms with Crippen molar-refractivity contribution < 1.29 is 9.90 Å². The third kappa shape index (κ3) is 2.69. The number of carboxylic acids is 1. The Balaban J connectivity index is 1.78. The highest BCUT2D eigenvalue weighted by Gasteiger charge is 2.17. The summed E-state index contributed by atoms with van der Waals surface area (Å²) in [6.07, 6.45) is 0.999. The first-order chi connectivity index (χ1) is 9.22. The summed E-state index contributed by atoms with van der Waals surface area (Å²) in [7, 11) is 0. The highest BCUT2D eigenvalue weighted by Crippen LogP contribution is 2.22. The van der Waals surface area contributed by atoms with Crippen LogP contribution in [0.3, 0.4) is 0 Å². The van der Waals surface area contributed by atoms with Crippen molar-refractivity contribution in [2.45, 2.75) is 19.5 Å². The van der Waals surface area contributed by atoms with Crippen LogP contribution in [0.1, 0.15) is 27.0 Å². The number of hydrogen-bond acceptors (Lipinski definition) is 3. The Labute approximate surface area is 116 Å². The fourth-order valence-electron chi connectivity index (χ4n) is 2.52. The Kier molecular flexibility index (Phi) is 3.36. The van der Waals surface area contributed by atoms with Gasteiger partial charge in [-0.3, -0.25) is 4.90 Å². The number of hydrogen-bond donors (Lipinski definition) is 1. The number of benzene rings is 1. The molecule has 0 atom stereocenters. The highest BCUT2D eigenvalue weighted by molar-refractivity contribution is 7.07. The SMILES string of the molecule is O=C(O)c1ccc2c(c1)CN(Cc1ccsc1)CC2. The number of rotatable bonds is 3. The first kappa shape index (κ1) is 12.4. The predicted molar refractivity (Wildman–Crippen MR) is 75.5 cm³/mol. The van der Waals surface area contributed by atoms with Crippen LogP contribution in [0.25, 0.3) is 0 Å². The summed E-state index contributed by atoms with van der Waals surface area (Å²) in [5.41, 5.74) is 4.16. The van der Waals surface area contributed by atoms with Gasteiger partial charge in [0.15, 0.2) is 0 Å². The van der Waals surface area contributed by atoms with Crippen LogP contribution in [0, 0.1) is 0 Å². The van der Waals surface area contributed by atoms with E-state index in [1.54, 1.807) is 17.4 Å². The van der Waals surface area contributed by atoms with Gasteiger partial charge in [0.25, 0.3) is 0 Å². The van der Waals surface area contributed by atoms with Crippen molar-refractivity contribution in [3.63, 3.8) is 0 Å². The van der Waals surface area contributed by atoms with E-state index >= 15 is 0 Å². The molecule has 2 aromatic rings. The summed E-state index contributed by atoms with van der Waals surface area (Å²) in [6, 6.07) is 7.63. The lowest BCUT2D eigenvalue weighted by molar-refractivity contribution is 0.0696. The maximum Gasteiger partial charge on any atom is 0.335 e. The van der Waals surface area contributed by atoms with Crippen LogP contribution >= 0.6 is 11.3 Å². The molecule has 0 aliphatic carbocycles. The quantitative estimate of drug-likeness (QED) is 0.934. The van der Waals surface area contributed by atoms with E-state index in [0.29, 0.717) is 5.56 Å². The summed E-state index contributed by atoms with van der Waals surface area (Å²) in [4.78, 5) is 13.4. The fraction of sp³-hybridized carbons (Fsp3) is 0.267. The third-order valence-electron chi connectivity index (χ3n) is 3.53. The van der Waals surface area contributed by atoms with Crippen molar-refractivity contribution >= 4 is 17.3 Å². The molecule has 1 aromatic heterocycles. The van der Waals surface area contributed by atoms with E-state index in [1.165, 1.54) is 11.1 Å². The molecule has 1 aliphatic rings. The number of nitrogens with zero attached hydrogens (tertiary/aromatic N) is 1. The van der Waals surface area contributed by atoms with Crippen LogP contribution in [-0.4, -0.2) is 22.5 Å². The molecular formula is C15H15NO2S. The Morgan fingerprint density at radius 1 is 1.32 bits per heavy atom. The first-order valence-corrected chi connectivity index (χ1v) is 7.25. The molecule has 98 valence electrons. The van der Waals surface area contributed by atoms with E-state index in [4.69, 9.17) is 5.11 Å². The molecule has 0 saturated heterocycles. The van der Waals surface area contributed by atoms with Gasteiger partial charge in [0.05, 0.1) is 5.56 Å². The van der Waals surface area contributed by atoms with E-state index in [0.717, 1.165) is 31.6 Å². The molecule has 2 heterocycles. The summed E-state index contributed by atoms with van der Waals surface area (Å²) in [6.45, 7) is 2.82. The third-order valence-corrected chi connectivity index (χ3v) is 4.26. The van der Waals surface area contributed by atoms with Gasteiger partial charge in [-0.25, -0.2) is 4.79 Å². The van der Waals surface area contributed by atoms with Crippen LogP contribution in [0.5, 0.6) is 0 Å². The predicted octanol–water partition coefficient (Wildman–Crippen LogP) is 3.00. The molecule has 3 rings (SSSR count). The molecule has 0 amide bonds. The Morgan fingerprint density at radius 2 is 2.21 bits per heavy atom. The second-order valence-electron chi connectivity index (χ2n) is 4.88. The lowest BCUT2D eigenvalue weighted by atomic mass is 9.97. The molecule has 0 saturated carbocycles. The monoisotopic (exact) mass is 273 g/mol. The van der Waals surface area contributed by atoms with Crippen molar-refractivity contribution in [2.75, 3.05) is 6.54 Å². The Bertz CT molecular complexity index is 592. The molecule has 1 aliphatic heterocycles. The van der Waals surface area contributed by atoms with Gasteiger partial charge in [-0.15, -0.1) is 0 Å². The molecule has 0 bridgehead atoms.